The number of nitrogens with zero attached hydrogens (tertiary/aromatic N) is 4. The molecule has 0 saturated carbocycles. The minimum atomic E-state index is -0.647. The summed E-state index contributed by atoms with van der Waals surface area (Å²) < 4.78 is 14.4. The lowest BCUT2D eigenvalue weighted by atomic mass is 9.96. The van der Waals surface area contributed by atoms with E-state index in [1.54, 1.807) is 48.4 Å². The number of allylic oxidation sites excluding steroid dienone is 1. The number of methoxy groups -OCH3 is 1. The van der Waals surface area contributed by atoms with Crippen molar-refractivity contribution in [3.63, 3.8) is 0 Å². The molecule has 1 aliphatic heterocycles. The van der Waals surface area contributed by atoms with Crippen LogP contribution in [-0.2, 0) is 16.1 Å². The Bertz CT molecular complexity index is 1360. The van der Waals surface area contributed by atoms with Crippen molar-refractivity contribution in [2.24, 2.45) is 4.99 Å². The molecular formula is C23H24N4O4S. The van der Waals surface area contributed by atoms with Crippen LogP contribution in [0.2, 0.25) is 0 Å². The zero-order chi connectivity index (χ0) is 22.8. The molecule has 0 N–H and O–H groups in total. The number of thiazole rings is 1. The van der Waals surface area contributed by atoms with Gasteiger partial charge in [-0.3, -0.25) is 14.0 Å². The number of aromatic nitrogens is 3. The molecule has 0 spiro atoms. The average Bonchev–Trinajstić information content (AvgIpc) is 3.37. The van der Waals surface area contributed by atoms with E-state index in [1.807, 2.05) is 31.3 Å². The summed E-state index contributed by atoms with van der Waals surface area (Å²) in [5.74, 6) is 0.205. The highest BCUT2D eigenvalue weighted by Crippen LogP contribution is 2.31. The molecule has 8 nitrogen and oxygen atoms in total. The molecular weight excluding hydrogens is 428 g/mol. The summed E-state index contributed by atoms with van der Waals surface area (Å²) in [6, 6.07) is 8.52. The van der Waals surface area contributed by atoms with Crippen molar-refractivity contribution in [2.75, 3.05) is 13.7 Å². The largest absolute Gasteiger partial charge is 0.497 e. The quantitative estimate of drug-likeness (QED) is 0.534. The molecule has 4 rings (SSSR count). The second-order valence-electron chi connectivity index (χ2n) is 7.17. The van der Waals surface area contributed by atoms with E-state index in [0.717, 1.165) is 12.1 Å². The molecule has 1 aromatic carbocycles. The summed E-state index contributed by atoms with van der Waals surface area (Å²) in [4.78, 5) is 31.5. The smallest absolute Gasteiger partial charge is 0.338 e. The maximum absolute atomic E-state index is 13.5. The number of rotatable bonds is 6. The summed E-state index contributed by atoms with van der Waals surface area (Å²) in [5, 5.41) is 4.44. The molecule has 3 heterocycles. The summed E-state index contributed by atoms with van der Waals surface area (Å²) in [6.45, 7) is 6.49. The summed E-state index contributed by atoms with van der Waals surface area (Å²) >= 11 is 1.28. The zero-order valence-corrected chi connectivity index (χ0v) is 19.2. The SMILES string of the molecule is CCOC(=O)C1=C(C)N=c2sc(=Cc3ccn(CC)n3)c(=O)n2C1c1ccc(OC)cc1. The van der Waals surface area contributed by atoms with Gasteiger partial charge in [0.2, 0.25) is 0 Å². The van der Waals surface area contributed by atoms with Crippen molar-refractivity contribution in [1.82, 2.24) is 14.3 Å². The summed E-state index contributed by atoms with van der Waals surface area (Å²) in [6.07, 6.45) is 3.62. The molecule has 2 aromatic heterocycles. The van der Waals surface area contributed by atoms with Crippen molar-refractivity contribution < 1.29 is 14.3 Å². The lowest BCUT2D eigenvalue weighted by molar-refractivity contribution is -0.139. The van der Waals surface area contributed by atoms with Gasteiger partial charge in [-0.2, -0.15) is 5.10 Å². The number of carbonyl (C=O) groups excluding carboxylic acids is 1. The Morgan fingerprint density at radius 1 is 1.22 bits per heavy atom. The second kappa shape index (κ2) is 8.96. The Morgan fingerprint density at radius 2 is 1.97 bits per heavy atom. The van der Waals surface area contributed by atoms with Crippen molar-refractivity contribution in [2.45, 2.75) is 33.4 Å². The number of esters is 1. The van der Waals surface area contributed by atoms with Gasteiger partial charge in [0.15, 0.2) is 4.80 Å². The van der Waals surface area contributed by atoms with Crippen LogP contribution in [0.3, 0.4) is 0 Å². The van der Waals surface area contributed by atoms with Crippen LogP contribution in [0.4, 0.5) is 0 Å². The van der Waals surface area contributed by atoms with Gasteiger partial charge in [0.05, 0.1) is 41.3 Å². The van der Waals surface area contributed by atoms with Gasteiger partial charge in [0, 0.05) is 12.7 Å². The summed E-state index contributed by atoms with van der Waals surface area (Å²) in [5.41, 5.74) is 2.12. The summed E-state index contributed by atoms with van der Waals surface area (Å²) in [7, 11) is 1.59. The maximum atomic E-state index is 13.5. The van der Waals surface area contributed by atoms with Crippen LogP contribution in [0.5, 0.6) is 5.75 Å². The van der Waals surface area contributed by atoms with E-state index in [4.69, 9.17) is 9.47 Å². The van der Waals surface area contributed by atoms with Crippen LogP contribution < -0.4 is 19.6 Å². The molecule has 0 amide bonds. The molecule has 9 heteroatoms. The molecule has 0 saturated heterocycles. The maximum Gasteiger partial charge on any atom is 0.338 e. The van der Waals surface area contributed by atoms with E-state index < -0.39 is 12.0 Å². The van der Waals surface area contributed by atoms with Gasteiger partial charge in [-0.15, -0.1) is 0 Å². The van der Waals surface area contributed by atoms with Crippen LogP contribution in [-0.4, -0.2) is 34.0 Å². The van der Waals surface area contributed by atoms with Crippen molar-refractivity contribution in [1.29, 1.82) is 0 Å². The third kappa shape index (κ3) is 3.91. The zero-order valence-electron chi connectivity index (χ0n) is 18.4. The molecule has 0 fully saturated rings. The first-order chi connectivity index (χ1) is 15.5. The number of hydrogen-bond donors (Lipinski definition) is 0. The van der Waals surface area contributed by atoms with Crippen LogP contribution >= 0.6 is 11.3 Å². The highest BCUT2D eigenvalue weighted by atomic mass is 32.1. The van der Waals surface area contributed by atoms with E-state index in [0.29, 0.717) is 32.0 Å². The number of benzene rings is 1. The monoisotopic (exact) mass is 452 g/mol. The highest BCUT2D eigenvalue weighted by molar-refractivity contribution is 7.07. The molecule has 1 unspecified atom stereocenters. The third-order valence-corrected chi connectivity index (χ3v) is 6.20. The van der Waals surface area contributed by atoms with E-state index >= 15 is 0 Å². The van der Waals surface area contributed by atoms with Crippen molar-refractivity contribution in [3.05, 3.63) is 78.7 Å². The third-order valence-electron chi connectivity index (χ3n) is 5.21. The van der Waals surface area contributed by atoms with E-state index in [-0.39, 0.29) is 12.2 Å². The fourth-order valence-electron chi connectivity index (χ4n) is 3.66. The van der Waals surface area contributed by atoms with Crippen LogP contribution in [0, 0.1) is 0 Å². The Balaban J connectivity index is 1.92. The van der Waals surface area contributed by atoms with E-state index in [1.165, 1.54) is 11.3 Å². The van der Waals surface area contributed by atoms with Gasteiger partial charge >= 0.3 is 5.97 Å². The number of fused-ring (bicyclic) bond motifs is 1. The number of ether oxygens (including phenoxy) is 2. The molecule has 32 heavy (non-hydrogen) atoms. The lowest BCUT2D eigenvalue weighted by Crippen LogP contribution is -2.39. The number of carbonyl (C=O) groups is 1. The Kier molecular flexibility index (Phi) is 6.09. The van der Waals surface area contributed by atoms with Crippen LogP contribution in [0.15, 0.2) is 57.6 Å². The minimum absolute atomic E-state index is 0.227. The fraction of sp³-hybridized carbons (Fsp3) is 0.304. The van der Waals surface area contributed by atoms with Gasteiger partial charge in [-0.05, 0) is 50.6 Å². The normalized spacial score (nSPS) is 16.0. The van der Waals surface area contributed by atoms with Crippen molar-refractivity contribution in [3.8, 4) is 5.75 Å². The number of aryl methyl sites for hydroxylation is 1. The van der Waals surface area contributed by atoms with E-state index in [9.17, 15) is 9.59 Å². The van der Waals surface area contributed by atoms with Gasteiger partial charge in [0.25, 0.3) is 5.56 Å². The molecule has 0 radical (unpaired) electrons. The van der Waals surface area contributed by atoms with Gasteiger partial charge in [-0.25, -0.2) is 9.79 Å². The van der Waals surface area contributed by atoms with Gasteiger partial charge < -0.3 is 9.47 Å². The minimum Gasteiger partial charge on any atom is -0.497 e. The average molecular weight is 453 g/mol. The highest BCUT2D eigenvalue weighted by Gasteiger charge is 2.33. The van der Waals surface area contributed by atoms with E-state index in [2.05, 4.69) is 10.1 Å². The molecule has 3 aromatic rings. The lowest BCUT2D eigenvalue weighted by Gasteiger charge is -2.24. The predicted octanol–water partition coefficient (Wildman–Crippen LogP) is 2.02. The van der Waals surface area contributed by atoms with Crippen LogP contribution in [0.1, 0.15) is 38.1 Å². The van der Waals surface area contributed by atoms with Gasteiger partial charge in [-0.1, -0.05) is 23.5 Å². The Labute approximate surface area is 188 Å². The fourth-order valence-corrected chi connectivity index (χ4v) is 4.69. The standard InChI is InChI=1S/C23H24N4O4S/c1-5-26-12-11-16(25-26)13-18-21(28)27-20(15-7-9-17(30-4)10-8-15)19(22(29)31-6-2)14(3)24-23(27)32-18/h7-13,20H,5-6H2,1-4H3. The second-order valence-corrected chi connectivity index (χ2v) is 8.18. The molecule has 1 atom stereocenters. The first-order valence-electron chi connectivity index (χ1n) is 10.3. The molecule has 1 aliphatic rings. The number of hydrogen-bond acceptors (Lipinski definition) is 7. The first-order valence-corrected chi connectivity index (χ1v) is 11.2. The van der Waals surface area contributed by atoms with Crippen LogP contribution in [0.25, 0.3) is 6.08 Å². The Morgan fingerprint density at radius 3 is 2.59 bits per heavy atom. The molecule has 0 bridgehead atoms. The molecule has 166 valence electrons. The molecule has 0 aliphatic carbocycles. The predicted molar refractivity (Wildman–Crippen MR) is 121 cm³/mol. The van der Waals surface area contributed by atoms with Gasteiger partial charge in [0.1, 0.15) is 5.75 Å². The topological polar surface area (TPSA) is 87.7 Å². The van der Waals surface area contributed by atoms with Crippen molar-refractivity contribution >= 4 is 23.4 Å². The Hall–Kier alpha value is -3.46. The first kappa shape index (κ1) is 21.8.